The second kappa shape index (κ2) is 5.13. The van der Waals surface area contributed by atoms with E-state index in [-0.39, 0.29) is 0 Å². The molecule has 0 saturated heterocycles. The highest BCUT2D eigenvalue weighted by Crippen LogP contribution is 2.31. The number of carbonyl (C=O) groups excluding carboxylic acids is 1. The fraction of sp³-hybridized carbons (Fsp3) is 0.133. The maximum Gasteiger partial charge on any atom is 0.248 e. The smallest absolute Gasteiger partial charge is 0.248 e. The highest BCUT2D eigenvalue weighted by atomic mass is 16.5. The first-order valence-corrected chi connectivity index (χ1v) is 6.12. The Morgan fingerprint density at radius 3 is 2.10 bits per heavy atom. The summed E-state index contributed by atoms with van der Waals surface area (Å²) in [4.78, 5) is 11.2. The van der Waals surface area contributed by atoms with Crippen LogP contribution in [0.15, 0.2) is 30.3 Å². The van der Waals surface area contributed by atoms with Crippen LogP contribution in [-0.4, -0.2) is 5.91 Å². The molecule has 0 atom stereocenters. The van der Waals surface area contributed by atoms with Crippen LogP contribution in [0.25, 0.3) is 0 Å². The van der Waals surface area contributed by atoms with Gasteiger partial charge in [-0.15, -0.1) is 0 Å². The molecule has 2 aromatic carbocycles. The Bertz CT molecular complexity index is 658. The molecule has 5 heteroatoms. The van der Waals surface area contributed by atoms with Gasteiger partial charge < -0.3 is 21.9 Å². The topological polar surface area (TPSA) is 104 Å². The lowest BCUT2D eigenvalue weighted by Gasteiger charge is -2.13. The summed E-state index contributed by atoms with van der Waals surface area (Å²) in [6, 6.07) is 8.49. The molecule has 0 fully saturated rings. The predicted molar refractivity (Wildman–Crippen MR) is 79.8 cm³/mol. The van der Waals surface area contributed by atoms with Gasteiger partial charge in [-0.3, -0.25) is 4.79 Å². The number of aryl methyl sites for hydroxylation is 2. The molecular formula is C15H17N3O2. The third-order valence-corrected chi connectivity index (χ3v) is 3.02. The van der Waals surface area contributed by atoms with Crippen LogP contribution < -0.4 is 21.9 Å². The number of anilines is 2. The monoisotopic (exact) mass is 271 g/mol. The molecule has 0 saturated carbocycles. The van der Waals surface area contributed by atoms with Crippen LogP contribution in [0.4, 0.5) is 11.4 Å². The molecule has 6 N–H and O–H groups in total. The first-order chi connectivity index (χ1) is 9.38. The molecular weight excluding hydrogens is 254 g/mol. The first-order valence-electron chi connectivity index (χ1n) is 6.12. The third kappa shape index (κ3) is 2.66. The molecule has 0 aromatic heterocycles. The minimum atomic E-state index is -0.459. The van der Waals surface area contributed by atoms with E-state index in [9.17, 15) is 4.79 Å². The van der Waals surface area contributed by atoms with Crippen LogP contribution in [0.5, 0.6) is 11.5 Å². The molecule has 0 radical (unpaired) electrons. The first kappa shape index (κ1) is 13.7. The van der Waals surface area contributed by atoms with Crippen molar-refractivity contribution in [3.05, 3.63) is 47.0 Å². The van der Waals surface area contributed by atoms with Gasteiger partial charge in [0.2, 0.25) is 5.91 Å². The summed E-state index contributed by atoms with van der Waals surface area (Å²) in [5.41, 5.74) is 19.8. The number of benzene rings is 2. The van der Waals surface area contributed by atoms with E-state index >= 15 is 0 Å². The molecule has 0 spiro atoms. The number of hydrogen-bond donors (Lipinski definition) is 3. The molecule has 0 unspecified atom stereocenters. The Balaban J connectivity index is 2.38. The van der Waals surface area contributed by atoms with Crippen molar-refractivity contribution in [1.29, 1.82) is 0 Å². The molecule has 0 aliphatic carbocycles. The number of amides is 1. The predicted octanol–water partition coefficient (Wildman–Crippen LogP) is 2.36. The molecule has 0 aliphatic heterocycles. The van der Waals surface area contributed by atoms with Crippen molar-refractivity contribution in [2.75, 3.05) is 11.5 Å². The van der Waals surface area contributed by atoms with Crippen LogP contribution in [0, 0.1) is 13.8 Å². The fourth-order valence-electron chi connectivity index (χ4n) is 1.99. The number of rotatable bonds is 3. The van der Waals surface area contributed by atoms with Crippen molar-refractivity contribution < 1.29 is 9.53 Å². The van der Waals surface area contributed by atoms with Gasteiger partial charge in [0.15, 0.2) is 0 Å². The number of carbonyl (C=O) groups is 1. The molecule has 2 rings (SSSR count). The largest absolute Gasteiger partial charge is 0.457 e. The van der Waals surface area contributed by atoms with Crippen LogP contribution in [0.1, 0.15) is 21.5 Å². The van der Waals surface area contributed by atoms with E-state index in [1.54, 1.807) is 30.3 Å². The fourth-order valence-corrected chi connectivity index (χ4v) is 1.99. The number of nitrogens with two attached hydrogens (primary N) is 3. The third-order valence-electron chi connectivity index (χ3n) is 3.02. The lowest BCUT2D eigenvalue weighted by Crippen LogP contribution is -2.11. The second-order valence-electron chi connectivity index (χ2n) is 4.70. The summed E-state index contributed by atoms with van der Waals surface area (Å²) < 4.78 is 5.82. The Kier molecular flexibility index (Phi) is 3.52. The standard InChI is InChI=1S/C15H17N3O2/c1-8-5-10(15(18)19)6-9(2)14(8)20-11-3-4-12(16)13(17)7-11/h3-7H,16-17H2,1-2H3,(H2,18,19). The lowest BCUT2D eigenvalue weighted by molar-refractivity contribution is 0.1000. The summed E-state index contributed by atoms with van der Waals surface area (Å²) in [6.07, 6.45) is 0. The Morgan fingerprint density at radius 2 is 1.60 bits per heavy atom. The maximum atomic E-state index is 11.2. The van der Waals surface area contributed by atoms with Crippen molar-refractivity contribution in [3.8, 4) is 11.5 Å². The minimum absolute atomic E-state index is 0.459. The molecule has 0 bridgehead atoms. The molecule has 1 amide bonds. The zero-order valence-electron chi connectivity index (χ0n) is 11.4. The normalized spacial score (nSPS) is 10.3. The Labute approximate surface area is 117 Å². The van der Waals surface area contributed by atoms with Crippen LogP contribution >= 0.6 is 0 Å². The highest BCUT2D eigenvalue weighted by molar-refractivity contribution is 5.93. The average molecular weight is 271 g/mol. The minimum Gasteiger partial charge on any atom is -0.457 e. The van der Waals surface area contributed by atoms with E-state index in [1.165, 1.54) is 0 Å². The summed E-state index contributed by atoms with van der Waals surface area (Å²) in [7, 11) is 0. The summed E-state index contributed by atoms with van der Waals surface area (Å²) >= 11 is 0. The number of hydrogen-bond acceptors (Lipinski definition) is 4. The highest BCUT2D eigenvalue weighted by Gasteiger charge is 2.11. The summed E-state index contributed by atoms with van der Waals surface area (Å²) in [5, 5.41) is 0. The van der Waals surface area contributed by atoms with Gasteiger partial charge in [0.25, 0.3) is 0 Å². The zero-order valence-corrected chi connectivity index (χ0v) is 11.4. The van der Waals surface area contributed by atoms with Gasteiger partial charge in [0.1, 0.15) is 11.5 Å². The number of primary amides is 1. The van der Waals surface area contributed by atoms with Crippen LogP contribution in [0.3, 0.4) is 0 Å². The van der Waals surface area contributed by atoms with E-state index in [4.69, 9.17) is 21.9 Å². The van der Waals surface area contributed by atoms with E-state index in [2.05, 4.69) is 0 Å². The molecule has 104 valence electrons. The van der Waals surface area contributed by atoms with Gasteiger partial charge in [-0.05, 0) is 49.2 Å². The molecule has 5 nitrogen and oxygen atoms in total. The maximum absolute atomic E-state index is 11.2. The lowest BCUT2D eigenvalue weighted by atomic mass is 10.1. The van der Waals surface area contributed by atoms with Crippen molar-refractivity contribution >= 4 is 17.3 Å². The second-order valence-corrected chi connectivity index (χ2v) is 4.70. The van der Waals surface area contributed by atoms with Crippen molar-refractivity contribution in [1.82, 2.24) is 0 Å². The van der Waals surface area contributed by atoms with Gasteiger partial charge in [0.05, 0.1) is 11.4 Å². The van der Waals surface area contributed by atoms with Gasteiger partial charge in [-0.2, -0.15) is 0 Å². The van der Waals surface area contributed by atoms with Crippen molar-refractivity contribution in [2.45, 2.75) is 13.8 Å². The summed E-state index contributed by atoms with van der Waals surface area (Å²) in [6.45, 7) is 3.71. The zero-order chi connectivity index (χ0) is 14.9. The summed E-state index contributed by atoms with van der Waals surface area (Å²) in [5.74, 6) is 0.813. The molecule has 20 heavy (non-hydrogen) atoms. The number of nitrogen functional groups attached to an aromatic ring is 2. The van der Waals surface area contributed by atoms with Crippen LogP contribution in [-0.2, 0) is 0 Å². The molecule has 0 aliphatic rings. The van der Waals surface area contributed by atoms with Gasteiger partial charge in [0, 0.05) is 11.6 Å². The van der Waals surface area contributed by atoms with Crippen molar-refractivity contribution in [2.24, 2.45) is 5.73 Å². The van der Waals surface area contributed by atoms with Gasteiger partial charge in [-0.1, -0.05) is 0 Å². The SMILES string of the molecule is Cc1cc(C(N)=O)cc(C)c1Oc1ccc(N)c(N)c1. The van der Waals surface area contributed by atoms with E-state index in [0.29, 0.717) is 28.4 Å². The average Bonchev–Trinajstić information content (AvgIpc) is 2.37. The molecule has 2 aromatic rings. The van der Waals surface area contributed by atoms with E-state index in [0.717, 1.165) is 11.1 Å². The van der Waals surface area contributed by atoms with Gasteiger partial charge in [-0.25, -0.2) is 0 Å². The van der Waals surface area contributed by atoms with E-state index < -0.39 is 5.91 Å². The Morgan fingerprint density at radius 1 is 1.00 bits per heavy atom. The quantitative estimate of drug-likeness (QED) is 0.745. The number of ether oxygens (including phenoxy) is 1. The Hall–Kier alpha value is -2.69. The van der Waals surface area contributed by atoms with Crippen LogP contribution in [0.2, 0.25) is 0 Å². The van der Waals surface area contributed by atoms with E-state index in [1.807, 2.05) is 13.8 Å². The molecule has 0 heterocycles. The van der Waals surface area contributed by atoms with Gasteiger partial charge >= 0.3 is 0 Å². The van der Waals surface area contributed by atoms with Crippen molar-refractivity contribution in [3.63, 3.8) is 0 Å².